The van der Waals surface area contributed by atoms with Crippen molar-refractivity contribution in [2.24, 2.45) is 0 Å². The number of hydrogen-bond donors (Lipinski definition) is 1. The number of ether oxygens (including phenoxy) is 4. The Balaban J connectivity index is 1.26. The van der Waals surface area contributed by atoms with E-state index in [1.54, 1.807) is 54.0 Å². The van der Waals surface area contributed by atoms with Crippen LogP contribution in [-0.2, 0) is 19.6 Å². The Morgan fingerprint density at radius 1 is 0.845 bits per heavy atom. The van der Waals surface area contributed by atoms with E-state index in [9.17, 15) is 4.79 Å². The number of benzene rings is 4. The zero-order chi connectivity index (χ0) is 40.8. The summed E-state index contributed by atoms with van der Waals surface area (Å²) in [5.74, 6) is 1.33. The highest BCUT2D eigenvalue weighted by molar-refractivity contribution is 7.44. The minimum absolute atomic E-state index is 0.0145. The average molecular weight is 807 g/mol. The molecule has 302 valence electrons. The first-order valence-electron chi connectivity index (χ1n) is 19.2. The van der Waals surface area contributed by atoms with Gasteiger partial charge in [0.15, 0.2) is 17.0 Å². The molecule has 1 unspecified atom stereocenters. The zero-order valence-electron chi connectivity index (χ0n) is 33.4. The molecule has 1 N–H and O–H groups in total. The van der Waals surface area contributed by atoms with Crippen molar-refractivity contribution in [2.45, 2.75) is 70.2 Å². The molecular weight excluding hydrogens is 758 g/mol. The number of amides is 1. The summed E-state index contributed by atoms with van der Waals surface area (Å²) in [4.78, 5) is 26.5. The lowest BCUT2D eigenvalue weighted by molar-refractivity contribution is -0.0905. The maximum absolute atomic E-state index is 16.4. The van der Waals surface area contributed by atoms with Crippen molar-refractivity contribution in [3.63, 3.8) is 0 Å². The summed E-state index contributed by atoms with van der Waals surface area (Å²) in [6.07, 6.45) is 1.11. The second kappa shape index (κ2) is 18.1. The Kier molecular flexibility index (Phi) is 12.8. The molecule has 1 amide bonds. The number of methoxy groups -OCH3 is 2. The van der Waals surface area contributed by atoms with Crippen molar-refractivity contribution >= 4 is 31.5 Å². The van der Waals surface area contributed by atoms with Gasteiger partial charge in [-0.1, -0.05) is 72.8 Å². The third kappa shape index (κ3) is 8.46. The highest BCUT2D eigenvalue weighted by Gasteiger charge is 2.45. The highest BCUT2D eigenvalue weighted by Crippen LogP contribution is 2.51. The number of hydrogen-bond acceptors (Lipinski definition) is 10. The normalized spacial score (nSPS) is 17.6. The summed E-state index contributed by atoms with van der Waals surface area (Å²) >= 11 is 0. The molecule has 1 aliphatic heterocycles. The van der Waals surface area contributed by atoms with E-state index in [2.05, 4.69) is 20.3 Å². The van der Waals surface area contributed by atoms with E-state index in [1.165, 1.54) is 6.33 Å². The fourth-order valence-electron chi connectivity index (χ4n) is 7.46. The van der Waals surface area contributed by atoms with Crippen molar-refractivity contribution in [1.82, 2.24) is 24.2 Å². The van der Waals surface area contributed by atoms with E-state index < -0.39 is 32.6 Å². The number of aromatic nitrogens is 4. The first kappa shape index (κ1) is 40.9. The predicted octanol–water partition coefficient (Wildman–Crippen LogP) is 9.09. The maximum atomic E-state index is 16.4. The van der Waals surface area contributed by atoms with Crippen LogP contribution in [0.5, 0.6) is 11.5 Å². The summed E-state index contributed by atoms with van der Waals surface area (Å²) < 4.78 is 51.4. The number of fused-ring (bicyclic) bond motifs is 1. The number of nitrogens with zero attached hydrogens (tertiary/aromatic N) is 5. The highest BCUT2D eigenvalue weighted by atomic mass is 31.2. The number of anilines is 1. The molecule has 7 rings (SSSR count). The molecule has 6 aromatic rings. The molecule has 0 bridgehead atoms. The molecule has 14 heteroatoms. The molecule has 1 saturated heterocycles. The van der Waals surface area contributed by atoms with Gasteiger partial charge < -0.3 is 28.8 Å². The summed E-state index contributed by atoms with van der Waals surface area (Å²) in [6.45, 7) is 7.83. The third-order valence-electron chi connectivity index (χ3n) is 10.2. The van der Waals surface area contributed by atoms with E-state index >= 15 is 4.20 Å². The van der Waals surface area contributed by atoms with Crippen LogP contribution >= 0.6 is 8.61 Å². The molecule has 4 aromatic carbocycles. The van der Waals surface area contributed by atoms with Crippen molar-refractivity contribution in [3.8, 4) is 11.5 Å². The summed E-state index contributed by atoms with van der Waals surface area (Å²) in [6, 6.07) is 34.2. The van der Waals surface area contributed by atoms with E-state index in [0.717, 1.165) is 16.7 Å². The molecule has 4 atom stereocenters. The second-order valence-corrected chi connectivity index (χ2v) is 15.6. The second-order valence-electron chi connectivity index (χ2n) is 14.5. The van der Waals surface area contributed by atoms with Crippen molar-refractivity contribution in [3.05, 3.63) is 144 Å². The Hall–Kier alpha value is -5.30. The number of imidazole rings is 1. The van der Waals surface area contributed by atoms with Gasteiger partial charge in [0.05, 0.1) is 33.3 Å². The van der Waals surface area contributed by atoms with E-state index in [-0.39, 0.29) is 36.8 Å². The molecule has 3 heterocycles. The van der Waals surface area contributed by atoms with Crippen LogP contribution in [0, 0.1) is 0 Å². The fourth-order valence-corrected chi connectivity index (χ4v) is 8.74. The molecule has 0 radical (unpaired) electrons. The van der Waals surface area contributed by atoms with Gasteiger partial charge in [-0.15, -0.1) is 0 Å². The molecule has 0 aliphatic carbocycles. The van der Waals surface area contributed by atoms with Crippen LogP contribution in [0.4, 0.5) is 10.0 Å². The lowest BCUT2D eigenvalue weighted by Gasteiger charge is -2.37. The number of carbonyl (C=O) groups is 1. The largest absolute Gasteiger partial charge is 0.497 e. The molecule has 1 fully saturated rings. The molecule has 0 saturated carbocycles. The molecule has 2 aromatic heterocycles. The standard InChI is InChI=1S/C44H48FN6O6P/c1-29(2)51(30(3)4)58(45)57-37-25-39(50-28-48-40-41(46-27-47-42(40)50)49-43(52)31-13-9-7-10-14-31)56-38(37)26-55-44(32-15-11-8-12-16-32,33-17-21-35(53-5)22-18-33)34-19-23-36(54-6)24-20-34/h7-24,27-30,37-39H,25-26H2,1-6H3,(H,46,47,49,52)/t37-,38+,39+,58?/m0/s1. The van der Waals surface area contributed by atoms with Gasteiger partial charge in [-0.25, -0.2) is 19.6 Å². The van der Waals surface area contributed by atoms with Gasteiger partial charge >= 0.3 is 8.61 Å². The SMILES string of the molecule is COc1ccc(C(OC[C@H]2O[C@@H](n3cnc4c(NC(=O)c5ccccc5)ncnc43)C[C@@H]2OP(F)N(C(C)C)C(C)C)(c2ccccc2)c2ccc(OC)cc2)cc1. The number of carbonyl (C=O) groups excluding carboxylic acids is 1. The minimum Gasteiger partial charge on any atom is -0.497 e. The topological polar surface area (TPSA) is 122 Å². The zero-order valence-corrected chi connectivity index (χ0v) is 34.3. The average Bonchev–Trinajstić information content (AvgIpc) is 3.86. The van der Waals surface area contributed by atoms with Crippen molar-refractivity contribution in [2.75, 3.05) is 26.1 Å². The summed E-state index contributed by atoms with van der Waals surface area (Å²) in [7, 11) is 0.739. The van der Waals surface area contributed by atoms with Crippen molar-refractivity contribution < 1.29 is 32.5 Å². The Bertz CT molecular complexity index is 2210. The van der Waals surface area contributed by atoms with Gasteiger partial charge in [0, 0.05) is 24.1 Å². The van der Waals surface area contributed by atoms with Crippen molar-refractivity contribution in [1.29, 1.82) is 0 Å². The number of rotatable bonds is 16. The lowest BCUT2D eigenvalue weighted by Crippen LogP contribution is -2.39. The van der Waals surface area contributed by atoms with Gasteiger partial charge in [0.2, 0.25) is 0 Å². The Morgan fingerprint density at radius 2 is 1.41 bits per heavy atom. The van der Waals surface area contributed by atoms with Crippen LogP contribution in [0.25, 0.3) is 11.2 Å². The summed E-state index contributed by atoms with van der Waals surface area (Å²) in [5, 5.41) is 2.86. The van der Waals surface area contributed by atoms with E-state index in [4.69, 9.17) is 23.5 Å². The third-order valence-corrected chi connectivity index (χ3v) is 11.9. The predicted molar refractivity (Wildman–Crippen MR) is 222 cm³/mol. The van der Waals surface area contributed by atoms with Crippen LogP contribution in [0.2, 0.25) is 0 Å². The first-order valence-corrected chi connectivity index (χ1v) is 20.3. The van der Waals surface area contributed by atoms with Gasteiger partial charge in [-0.2, -0.15) is 4.20 Å². The molecular formula is C44H48FN6O6P. The van der Waals surface area contributed by atoms with Gasteiger partial charge in [0.25, 0.3) is 5.91 Å². The Morgan fingerprint density at radius 3 is 1.98 bits per heavy atom. The minimum atomic E-state index is -2.52. The van der Waals surface area contributed by atoms with E-state index in [0.29, 0.717) is 28.2 Å². The van der Waals surface area contributed by atoms with Gasteiger partial charge in [0.1, 0.15) is 35.8 Å². The van der Waals surface area contributed by atoms with E-state index in [1.807, 2.05) is 113 Å². The van der Waals surface area contributed by atoms with Crippen LogP contribution in [0.1, 0.15) is 67.4 Å². The molecule has 0 spiro atoms. The monoisotopic (exact) mass is 806 g/mol. The molecule has 1 aliphatic rings. The molecule has 12 nitrogen and oxygen atoms in total. The Labute approximate surface area is 339 Å². The van der Waals surface area contributed by atoms with Crippen LogP contribution in [-0.4, -0.2) is 75.2 Å². The van der Waals surface area contributed by atoms with Crippen LogP contribution < -0.4 is 14.8 Å². The number of halogens is 1. The lowest BCUT2D eigenvalue weighted by atomic mass is 9.80. The maximum Gasteiger partial charge on any atom is 0.304 e. The van der Waals surface area contributed by atoms with Gasteiger partial charge in [-0.05, 0) is 80.8 Å². The van der Waals surface area contributed by atoms with Crippen LogP contribution in [0.15, 0.2) is 122 Å². The molecule has 58 heavy (non-hydrogen) atoms. The smallest absolute Gasteiger partial charge is 0.304 e. The number of nitrogens with one attached hydrogen (secondary N) is 1. The van der Waals surface area contributed by atoms with Crippen LogP contribution in [0.3, 0.4) is 0 Å². The van der Waals surface area contributed by atoms with Gasteiger partial charge in [-0.3, -0.25) is 9.36 Å². The first-order chi connectivity index (χ1) is 28.1. The fraction of sp³-hybridized carbons (Fsp3) is 0.318. The quantitative estimate of drug-likeness (QED) is 0.0749. The summed E-state index contributed by atoms with van der Waals surface area (Å²) in [5.41, 5.74) is 2.72.